The Hall–Kier alpha value is -3.78. The predicted octanol–water partition coefficient (Wildman–Crippen LogP) is 5.80. The Morgan fingerprint density at radius 2 is 2.00 bits per heavy atom. The van der Waals surface area contributed by atoms with Gasteiger partial charge in [0.15, 0.2) is 0 Å². The average Bonchev–Trinajstić information content (AvgIpc) is 3.21. The number of halogens is 1. The van der Waals surface area contributed by atoms with Crippen LogP contribution in [0.4, 0.5) is 23.0 Å². The van der Waals surface area contributed by atoms with E-state index in [1.54, 1.807) is 13.3 Å². The number of para-hydroxylation sites is 1. The normalized spacial score (nSPS) is 10.9. The monoisotopic (exact) mass is 506 g/mol. The van der Waals surface area contributed by atoms with Crippen LogP contribution in [-0.2, 0) is 11.8 Å². The Bertz CT molecular complexity index is 1370. The minimum atomic E-state index is -0.151. The van der Waals surface area contributed by atoms with Crippen LogP contribution in [-0.4, -0.2) is 47.0 Å². The lowest BCUT2D eigenvalue weighted by molar-refractivity contribution is -0.115. The second-order valence-electron chi connectivity index (χ2n) is 8.54. The van der Waals surface area contributed by atoms with Crippen LogP contribution in [0.25, 0.3) is 22.2 Å². The fraction of sp³-hybridized carbons (Fsp3) is 0.296. The number of amides is 1. The van der Waals surface area contributed by atoms with E-state index in [1.165, 1.54) is 0 Å². The third kappa shape index (κ3) is 5.39. The lowest BCUT2D eigenvalue weighted by atomic mass is 10.1. The summed E-state index contributed by atoms with van der Waals surface area (Å²) < 4.78 is 7.78. The maximum Gasteiger partial charge on any atom is 0.227 e. The smallest absolute Gasteiger partial charge is 0.227 e. The first-order valence-electron chi connectivity index (χ1n) is 11.9. The molecular weight excluding hydrogens is 476 g/mol. The van der Waals surface area contributed by atoms with Gasteiger partial charge >= 0.3 is 0 Å². The quantitative estimate of drug-likeness (QED) is 0.264. The van der Waals surface area contributed by atoms with Crippen LogP contribution >= 0.6 is 11.6 Å². The summed E-state index contributed by atoms with van der Waals surface area (Å²) in [5, 5.41) is 7.39. The number of aryl methyl sites for hydroxylation is 1. The molecule has 0 aliphatic carbocycles. The largest absolute Gasteiger partial charge is 0.494 e. The topological polar surface area (TPSA) is 84.3 Å². The minimum absolute atomic E-state index is 0.151. The summed E-state index contributed by atoms with van der Waals surface area (Å²) in [6, 6.07) is 13.9. The molecule has 0 unspecified atom stereocenters. The van der Waals surface area contributed by atoms with Crippen molar-refractivity contribution in [2.24, 2.45) is 7.05 Å². The van der Waals surface area contributed by atoms with Gasteiger partial charge in [-0.2, -0.15) is 0 Å². The van der Waals surface area contributed by atoms with E-state index < -0.39 is 0 Å². The van der Waals surface area contributed by atoms with Crippen molar-refractivity contribution in [3.63, 3.8) is 0 Å². The number of methoxy groups -OCH3 is 1. The molecule has 1 amide bonds. The van der Waals surface area contributed by atoms with Gasteiger partial charge in [-0.05, 0) is 24.6 Å². The summed E-state index contributed by atoms with van der Waals surface area (Å²) in [6.45, 7) is 2.93. The van der Waals surface area contributed by atoms with Crippen molar-refractivity contribution in [1.29, 1.82) is 0 Å². The highest BCUT2D eigenvalue weighted by Crippen LogP contribution is 2.38. The lowest BCUT2D eigenvalue weighted by Gasteiger charge is -2.24. The number of carbonyl (C=O) groups excluding carboxylic acids is 1. The third-order valence-electron chi connectivity index (χ3n) is 5.96. The molecule has 0 fully saturated rings. The van der Waals surface area contributed by atoms with Gasteiger partial charge in [0.25, 0.3) is 0 Å². The van der Waals surface area contributed by atoms with Crippen LogP contribution in [0.5, 0.6) is 5.75 Å². The zero-order valence-electron chi connectivity index (χ0n) is 21.0. The van der Waals surface area contributed by atoms with E-state index in [4.69, 9.17) is 21.3 Å². The van der Waals surface area contributed by atoms with Crippen LogP contribution in [0.15, 0.2) is 54.9 Å². The van der Waals surface area contributed by atoms with Crippen LogP contribution < -0.4 is 20.3 Å². The molecular formula is C27H31ClN6O2. The van der Waals surface area contributed by atoms with E-state index in [0.717, 1.165) is 40.8 Å². The molecule has 0 saturated carbocycles. The zero-order valence-corrected chi connectivity index (χ0v) is 21.8. The van der Waals surface area contributed by atoms with E-state index in [9.17, 15) is 4.79 Å². The number of aromatic nitrogens is 3. The van der Waals surface area contributed by atoms with Crippen molar-refractivity contribution >= 4 is 51.4 Å². The number of carbonyl (C=O) groups is 1. The number of ether oxygens (including phenoxy) is 1. The molecule has 2 heterocycles. The standard InChI is InChI=1S/C27H31ClN6O2/c1-5-14-33(2)24-16-25(36-4)22(15-21(24)30-26(35)10-12-28)32-27-29-13-11-20(31-27)19-17-34(3)23-9-7-6-8-18(19)23/h6-9,11,13,15-17H,5,10,12,14H2,1-4H3,(H,30,35)(H,29,31,32). The van der Waals surface area contributed by atoms with Gasteiger partial charge in [-0.3, -0.25) is 4.79 Å². The summed E-state index contributed by atoms with van der Waals surface area (Å²) in [6.07, 6.45) is 4.98. The van der Waals surface area contributed by atoms with Crippen molar-refractivity contribution in [1.82, 2.24) is 14.5 Å². The highest BCUT2D eigenvalue weighted by atomic mass is 35.5. The highest BCUT2D eigenvalue weighted by Gasteiger charge is 2.17. The average molecular weight is 507 g/mol. The first-order chi connectivity index (χ1) is 17.4. The Balaban J connectivity index is 1.72. The summed E-state index contributed by atoms with van der Waals surface area (Å²) in [7, 11) is 5.62. The maximum atomic E-state index is 12.4. The van der Waals surface area contributed by atoms with Crippen LogP contribution in [0, 0.1) is 0 Å². The van der Waals surface area contributed by atoms with Gasteiger partial charge in [-0.15, -0.1) is 11.6 Å². The van der Waals surface area contributed by atoms with Gasteiger partial charge in [0.05, 0.1) is 29.9 Å². The minimum Gasteiger partial charge on any atom is -0.494 e. The van der Waals surface area contributed by atoms with Crippen molar-refractivity contribution in [2.45, 2.75) is 19.8 Å². The fourth-order valence-electron chi connectivity index (χ4n) is 4.24. The Morgan fingerprint density at radius 3 is 2.75 bits per heavy atom. The SMILES string of the molecule is CCCN(C)c1cc(OC)c(Nc2nccc(-c3cn(C)c4ccccc34)n2)cc1NC(=O)CCCl. The fourth-order valence-corrected chi connectivity index (χ4v) is 4.41. The number of nitrogens with zero attached hydrogens (tertiary/aromatic N) is 4. The van der Waals surface area contributed by atoms with Crippen LogP contribution in [0.1, 0.15) is 19.8 Å². The molecule has 0 aliphatic heterocycles. The van der Waals surface area contributed by atoms with E-state index in [0.29, 0.717) is 23.1 Å². The van der Waals surface area contributed by atoms with E-state index in [-0.39, 0.29) is 18.2 Å². The van der Waals surface area contributed by atoms with Gasteiger partial charge in [-0.25, -0.2) is 9.97 Å². The Morgan fingerprint density at radius 1 is 1.19 bits per heavy atom. The Labute approximate surface area is 216 Å². The number of hydrogen-bond acceptors (Lipinski definition) is 6. The maximum absolute atomic E-state index is 12.4. The molecule has 0 saturated heterocycles. The number of rotatable bonds is 10. The van der Waals surface area contributed by atoms with Crippen molar-refractivity contribution < 1.29 is 9.53 Å². The second-order valence-corrected chi connectivity index (χ2v) is 8.92. The number of nitrogens with one attached hydrogen (secondary N) is 2. The predicted molar refractivity (Wildman–Crippen MR) is 148 cm³/mol. The Kier molecular flexibility index (Phi) is 7.95. The number of alkyl halides is 1. The molecule has 0 atom stereocenters. The summed E-state index contributed by atoms with van der Waals surface area (Å²) in [5.41, 5.74) is 5.12. The number of hydrogen-bond donors (Lipinski definition) is 2. The first kappa shape index (κ1) is 25.3. The molecule has 4 rings (SSSR count). The molecule has 8 nitrogen and oxygen atoms in total. The van der Waals surface area contributed by atoms with Crippen LogP contribution in [0.2, 0.25) is 0 Å². The summed E-state index contributed by atoms with van der Waals surface area (Å²) in [5.74, 6) is 1.14. The molecule has 0 spiro atoms. The van der Waals surface area contributed by atoms with E-state index in [1.807, 2.05) is 44.4 Å². The van der Waals surface area contributed by atoms with Crippen LogP contribution in [0.3, 0.4) is 0 Å². The van der Waals surface area contributed by atoms with Gasteiger partial charge in [-0.1, -0.05) is 25.1 Å². The molecule has 2 N–H and O–H groups in total. The molecule has 4 aromatic rings. The summed E-state index contributed by atoms with van der Waals surface area (Å²) in [4.78, 5) is 23.7. The molecule has 9 heteroatoms. The highest BCUT2D eigenvalue weighted by molar-refractivity contribution is 6.19. The second kappa shape index (κ2) is 11.3. The number of fused-ring (bicyclic) bond motifs is 1. The zero-order chi connectivity index (χ0) is 25.7. The molecule has 0 aliphatic rings. The number of anilines is 4. The lowest BCUT2D eigenvalue weighted by Crippen LogP contribution is -2.21. The van der Waals surface area contributed by atoms with E-state index >= 15 is 0 Å². The molecule has 188 valence electrons. The molecule has 0 radical (unpaired) electrons. The van der Waals surface area contributed by atoms with Crippen molar-refractivity contribution in [3.8, 4) is 17.0 Å². The van der Waals surface area contributed by atoms with E-state index in [2.05, 4.69) is 50.3 Å². The molecule has 36 heavy (non-hydrogen) atoms. The molecule has 2 aromatic carbocycles. The molecule has 0 bridgehead atoms. The van der Waals surface area contributed by atoms with Crippen molar-refractivity contribution in [2.75, 3.05) is 42.1 Å². The summed E-state index contributed by atoms with van der Waals surface area (Å²) >= 11 is 5.78. The third-order valence-corrected chi connectivity index (χ3v) is 6.15. The van der Waals surface area contributed by atoms with Gasteiger partial charge < -0.3 is 24.8 Å². The van der Waals surface area contributed by atoms with Gasteiger partial charge in [0.2, 0.25) is 11.9 Å². The first-order valence-corrected chi connectivity index (χ1v) is 12.4. The molecule has 2 aromatic heterocycles. The van der Waals surface area contributed by atoms with Gasteiger partial charge in [0.1, 0.15) is 5.75 Å². The van der Waals surface area contributed by atoms with Gasteiger partial charge in [0, 0.05) is 67.9 Å². The number of benzene rings is 2. The van der Waals surface area contributed by atoms with Crippen molar-refractivity contribution in [3.05, 3.63) is 54.9 Å².